The largest absolute Gasteiger partial charge is 0.451 e. The third-order valence-electron chi connectivity index (χ3n) is 3.11. The number of rotatable bonds is 8. The number of aromatic nitrogens is 1. The minimum atomic E-state index is -0.638. The molecule has 0 radical (unpaired) electrons. The summed E-state index contributed by atoms with van der Waals surface area (Å²) in [7, 11) is 3.87. The molecule has 0 aliphatic heterocycles. The van der Waals surface area contributed by atoms with Crippen LogP contribution in [0.5, 0.6) is 0 Å². The first-order valence-corrected chi connectivity index (χ1v) is 8.42. The third kappa shape index (κ3) is 5.61. The second-order valence-corrected chi connectivity index (χ2v) is 6.13. The van der Waals surface area contributed by atoms with E-state index in [4.69, 9.17) is 4.74 Å². The van der Waals surface area contributed by atoms with Crippen LogP contribution in [0.15, 0.2) is 42.3 Å². The number of nitrogens with zero attached hydrogens (tertiary/aromatic N) is 2. The number of carbonyl (C=O) groups excluding carboxylic acids is 2. The number of benzene rings is 1. The zero-order valence-corrected chi connectivity index (χ0v) is 14.9. The van der Waals surface area contributed by atoms with Gasteiger partial charge in [-0.05, 0) is 24.3 Å². The Kier molecular flexibility index (Phi) is 6.53. The quantitative estimate of drug-likeness (QED) is 0.556. The summed E-state index contributed by atoms with van der Waals surface area (Å²) in [5.74, 6) is -1.05. The van der Waals surface area contributed by atoms with E-state index in [0.717, 1.165) is 5.69 Å². The average molecular weight is 360 g/mol. The lowest BCUT2D eigenvalue weighted by Crippen LogP contribution is -2.21. The minimum Gasteiger partial charge on any atom is -0.451 e. The normalized spacial score (nSPS) is 10.0. The Morgan fingerprint density at radius 2 is 2.04 bits per heavy atom. The molecule has 2 N–H and O–H groups in total. The fourth-order valence-corrected chi connectivity index (χ4v) is 2.54. The zero-order valence-electron chi connectivity index (χ0n) is 14.1. The van der Waals surface area contributed by atoms with Crippen LogP contribution in [0.3, 0.4) is 0 Å². The van der Waals surface area contributed by atoms with Crippen LogP contribution in [0, 0.1) is 0 Å². The maximum atomic E-state index is 11.9. The van der Waals surface area contributed by atoms with E-state index in [1.807, 2.05) is 31.1 Å². The van der Waals surface area contributed by atoms with Crippen LogP contribution in [-0.2, 0) is 9.53 Å². The summed E-state index contributed by atoms with van der Waals surface area (Å²) in [5.41, 5.74) is 1.82. The van der Waals surface area contributed by atoms with E-state index in [0.29, 0.717) is 17.4 Å². The van der Waals surface area contributed by atoms with Crippen molar-refractivity contribution < 1.29 is 14.3 Å². The van der Waals surface area contributed by atoms with Crippen LogP contribution in [0.2, 0.25) is 0 Å². The lowest BCUT2D eigenvalue weighted by Gasteiger charge is -2.13. The summed E-state index contributed by atoms with van der Waals surface area (Å²) in [4.78, 5) is 29.8. The van der Waals surface area contributed by atoms with Gasteiger partial charge < -0.3 is 20.3 Å². The molecule has 132 valence electrons. The Morgan fingerprint density at radius 3 is 2.68 bits per heavy atom. The van der Waals surface area contributed by atoms with Gasteiger partial charge in [0.25, 0.3) is 5.91 Å². The molecule has 7 nitrogen and oxygen atoms in total. The molecule has 0 saturated carbocycles. The molecule has 25 heavy (non-hydrogen) atoms. The Labute approximate surface area is 150 Å². The van der Waals surface area contributed by atoms with E-state index >= 15 is 0 Å². The van der Waals surface area contributed by atoms with Crippen molar-refractivity contribution >= 4 is 39.7 Å². The van der Waals surface area contributed by atoms with Gasteiger partial charge in [0.2, 0.25) is 0 Å². The monoisotopic (exact) mass is 360 g/mol. The maximum absolute atomic E-state index is 11.9. The van der Waals surface area contributed by atoms with E-state index in [1.54, 1.807) is 23.6 Å². The van der Waals surface area contributed by atoms with E-state index in [9.17, 15) is 9.59 Å². The van der Waals surface area contributed by atoms with Crippen LogP contribution >= 0.6 is 11.3 Å². The molecule has 0 bridgehead atoms. The van der Waals surface area contributed by atoms with Crippen LogP contribution in [0.1, 0.15) is 10.5 Å². The van der Waals surface area contributed by atoms with E-state index in [2.05, 4.69) is 22.2 Å². The average Bonchev–Trinajstić information content (AvgIpc) is 3.07. The van der Waals surface area contributed by atoms with Crippen molar-refractivity contribution in [3.8, 4) is 0 Å². The molecule has 0 saturated heterocycles. The number of amides is 1. The van der Waals surface area contributed by atoms with Crippen LogP contribution in [-0.4, -0.2) is 44.1 Å². The first-order valence-electron chi connectivity index (χ1n) is 7.54. The fourth-order valence-electron chi connectivity index (χ4n) is 1.85. The first kappa shape index (κ1) is 18.5. The van der Waals surface area contributed by atoms with Crippen molar-refractivity contribution in [2.24, 2.45) is 0 Å². The van der Waals surface area contributed by atoms with Crippen molar-refractivity contribution in [3.05, 3.63) is 48.0 Å². The molecular weight excluding hydrogens is 340 g/mol. The van der Waals surface area contributed by atoms with Crippen LogP contribution < -0.4 is 15.5 Å². The van der Waals surface area contributed by atoms with Gasteiger partial charge in [0.1, 0.15) is 0 Å². The molecule has 0 aliphatic rings. The molecule has 2 aromatic rings. The molecule has 0 spiro atoms. The predicted octanol–water partition coefficient (Wildman–Crippen LogP) is 2.60. The number of anilines is 3. The number of nitrogens with one attached hydrogen (secondary N) is 2. The lowest BCUT2D eigenvalue weighted by molar-refractivity contribution is -0.119. The zero-order chi connectivity index (χ0) is 18.2. The van der Waals surface area contributed by atoms with Crippen LogP contribution in [0.4, 0.5) is 16.5 Å². The van der Waals surface area contributed by atoms with E-state index in [-0.39, 0.29) is 12.3 Å². The van der Waals surface area contributed by atoms with Gasteiger partial charge in [0.15, 0.2) is 17.4 Å². The molecule has 1 amide bonds. The van der Waals surface area contributed by atoms with Gasteiger partial charge in [-0.3, -0.25) is 4.79 Å². The molecular formula is C17H20N4O3S. The lowest BCUT2D eigenvalue weighted by atomic mass is 10.2. The first-order chi connectivity index (χ1) is 12.0. The fraction of sp³-hybridized carbons (Fsp3) is 0.235. The van der Waals surface area contributed by atoms with Crippen molar-refractivity contribution in [1.82, 2.24) is 4.98 Å². The highest BCUT2D eigenvalue weighted by molar-refractivity contribution is 7.13. The Hall–Kier alpha value is -2.87. The highest BCUT2D eigenvalue weighted by Crippen LogP contribution is 2.17. The molecule has 2 rings (SSSR count). The van der Waals surface area contributed by atoms with Crippen molar-refractivity contribution in [3.63, 3.8) is 0 Å². The molecule has 8 heteroatoms. The van der Waals surface area contributed by atoms with Gasteiger partial charge in [-0.2, -0.15) is 0 Å². The molecule has 0 aliphatic carbocycles. The second kappa shape index (κ2) is 8.84. The van der Waals surface area contributed by atoms with Gasteiger partial charge in [-0.1, -0.05) is 6.08 Å². The smallest absolute Gasteiger partial charge is 0.358 e. The van der Waals surface area contributed by atoms with Gasteiger partial charge in [-0.25, -0.2) is 9.78 Å². The molecule has 0 atom stereocenters. The summed E-state index contributed by atoms with van der Waals surface area (Å²) in [6, 6.07) is 7.34. The Bertz CT molecular complexity index is 741. The SMILES string of the molecule is C=CCNc1nc(C(=O)OCC(=O)Nc2ccc(N(C)C)cc2)cs1. The summed E-state index contributed by atoms with van der Waals surface area (Å²) in [6.45, 7) is 3.77. The topological polar surface area (TPSA) is 83.6 Å². The number of carbonyl (C=O) groups is 2. The third-order valence-corrected chi connectivity index (χ3v) is 3.91. The highest BCUT2D eigenvalue weighted by atomic mass is 32.1. The van der Waals surface area contributed by atoms with Crippen molar-refractivity contribution in [2.45, 2.75) is 0 Å². The number of esters is 1. The summed E-state index contributed by atoms with van der Waals surface area (Å²) in [6.07, 6.45) is 1.69. The van der Waals surface area contributed by atoms with E-state index in [1.165, 1.54) is 11.3 Å². The predicted molar refractivity (Wildman–Crippen MR) is 100 cm³/mol. The Morgan fingerprint density at radius 1 is 1.32 bits per heavy atom. The molecule has 1 aromatic heterocycles. The number of thiazole rings is 1. The molecule has 0 unspecified atom stereocenters. The van der Waals surface area contributed by atoms with Gasteiger partial charge >= 0.3 is 5.97 Å². The van der Waals surface area contributed by atoms with Crippen molar-refractivity contribution in [2.75, 3.05) is 42.8 Å². The highest BCUT2D eigenvalue weighted by Gasteiger charge is 2.14. The molecule has 0 fully saturated rings. The number of hydrogen-bond donors (Lipinski definition) is 2. The van der Waals surface area contributed by atoms with Crippen molar-refractivity contribution in [1.29, 1.82) is 0 Å². The second-order valence-electron chi connectivity index (χ2n) is 5.27. The minimum absolute atomic E-state index is 0.166. The number of ether oxygens (including phenoxy) is 1. The van der Waals surface area contributed by atoms with E-state index < -0.39 is 11.9 Å². The molecule has 1 heterocycles. The van der Waals surface area contributed by atoms with Crippen LogP contribution in [0.25, 0.3) is 0 Å². The van der Waals surface area contributed by atoms with Gasteiger partial charge in [-0.15, -0.1) is 17.9 Å². The summed E-state index contributed by atoms with van der Waals surface area (Å²) in [5, 5.41) is 7.82. The summed E-state index contributed by atoms with van der Waals surface area (Å²) < 4.78 is 4.98. The van der Waals surface area contributed by atoms with Gasteiger partial charge in [0, 0.05) is 37.4 Å². The summed E-state index contributed by atoms with van der Waals surface area (Å²) >= 11 is 1.28. The number of hydrogen-bond acceptors (Lipinski definition) is 7. The van der Waals surface area contributed by atoms with Gasteiger partial charge in [0.05, 0.1) is 0 Å². The maximum Gasteiger partial charge on any atom is 0.358 e. The Balaban J connectivity index is 1.81. The standard InChI is InChI=1S/C17H20N4O3S/c1-4-9-18-17-20-14(11-25-17)16(23)24-10-15(22)19-12-5-7-13(8-6-12)21(2)3/h4-8,11H,1,9-10H2,2-3H3,(H,18,20)(H,19,22). The molecule has 1 aromatic carbocycles.